The van der Waals surface area contributed by atoms with Crippen molar-refractivity contribution in [3.05, 3.63) is 47.7 Å². The van der Waals surface area contributed by atoms with Crippen LogP contribution in [-0.4, -0.2) is 29.8 Å². The average molecular weight is 354 g/mol. The molecule has 9 heteroatoms. The summed E-state index contributed by atoms with van der Waals surface area (Å²) >= 11 is 3.10. The first kappa shape index (κ1) is 13.8. The molecule has 7 nitrogen and oxygen atoms in total. The van der Waals surface area contributed by atoms with Crippen LogP contribution >= 0.6 is 23.1 Å². The maximum Gasteiger partial charge on any atom is 0.257 e. The number of nitrogens with one attached hydrogen (secondary N) is 1. The van der Waals surface area contributed by atoms with Gasteiger partial charge in [0.15, 0.2) is 5.16 Å². The quantitative estimate of drug-likeness (QED) is 0.496. The first-order valence-corrected chi connectivity index (χ1v) is 9.05. The van der Waals surface area contributed by atoms with Crippen LogP contribution in [0.25, 0.3) is 27.6 Å². The van der Waals surface area contributed by atoms with Gasteiger partial charge in [-0.05, 0) is 23.6 Å². The minimum Gasteiger partial charge on any atom is -0.419 e. The fourth-order valence-corrected chi connectivity index (χ4v) is 3.91. The molecule has 0 bridgehead atoms. The Bertz CT molecular complexity index is 1120. The maximum absolute atomic E-state index is 5.71. The van der Waals surface area contributed by atoms with E-state index in [1.54, 1.807) is 11.3 Å². The minimum absolute atomic E-state index is 0.546. The highest BCUT2D eigenvalue weighted by Gasteiger charge is 2.14. The molecular weight excluding hydrogens is 344 g/mol. The molecule has 4 heterocycles. The van der Waals surface area contributed by atoms with Crippen molar-refractivity contribution in [2.24, 2.45) is 0 Å². The van der Waals surface area contributed by atoms with E-state index in [0.29, 0.717) is 17.5 Å². The number of thioether (sulfide) groups is 1. The molecule has 0 aliphatic heterocycles. The SMILES string of the molecule is c1csc(-c2nnc(CSc3n[nH]c4nc5ccccc5n34)o2)c1. The third kappa shape index (κ3) is 2.21. The van der Waals surface area contributed by atoms with Gasteiger partial charge in [0.1, 0.15) is 0 Å². The Balaban J connectivity index is 1.43. The molecular formula is C15H10N6OS2. The molecule has 0 saturated heterocycles. The van der Waals surface area contributed by atoms with E-state index in [2.05, 4.69) is 25.4 Å². The molecule has 1 aromatic carbocycles. The standard InChI is InChI=1S/C15H10N6OS2/c1-2-5-10-9(4-1)16-14-19-20-15(21(10)14)24-8-12-17-18-13(22-12)11-6-3-7-23-11/h1-7H,8H2,(H,16,19). The highest BCUT2D eigenvalue weighted by atomic mass is 32.2. The number of thiophene rings is 1. The third-order valence-corrected chi connectivity index (χ3v) is 5.31. The molecule has 0 aliphatic rings. The summed E-state index contributed by atoms with van der Waals surface area (Å²) < 4.78 is 7.71. The Kier molecular flexibility index (Phi) is 3.13. The van der Waals surface area contributed by atoms with Crippen molar-refractivity contribution in [3.63, 3.8) is 0 Å². The molecule has 0 aliphatic carbocycles. The van der Waals surface area contributed by atoms with Gasteiger partial charge in [0.05, 0.1) is 21.7 Å². The smallest absolute Gasteiger partial charge is 0.257 e. The number of rotatable bonds is 4. The van der Waals surface area contributed by atoms with Crippen LogP contribution < -0.4 is 0 Å². The summed E-state index contributed by atoms with van der Waals surface area (Å²) in [5.74, 6) is 2.40. The van der Waals surface area contributed by atoms with Crippen molar-refractivity contribution in [2.45, 2.75) is 10.9 Å². The van der Waals surface area contributed by atoms with E-state index < -0.39 is 0 Å². The van der Waals surface area contributed by atoms with Crippen LogP contribution in [0, 0.1) is 0 Å². The van der Waals surface area contributed by atoms with Gasteiger partial charge in [-0.15, -0.1) is 26.6 Å². The van der Waals surface area contributed by atoms with Crippen molar-refractivity contribution < 1.29 is 4.42 Å². The molecule has 5 aromatic rings. The number of aromatic nitrogens is 6. The molecule has 0 atom stereocenters. The third-order valence-electron chi connectivity index (χ3n) is 3.53. The fourth-order valence-electron chi connectivity index (χ4n) is 2.48. The van der Waals surface area contributed by atoms with Crippen LogP contribution in [0.5, 0.6) is 0 Å². The molecule has 0 fully saturated rings. The number of hydrogen-bond acceptors (Lipinski definition) is 7. The molecule has 5 rings (SSSR count). The second-order valence-corrected chi connectivity index (χ2v) is 6.92. The van der Waals surface area contributed by atoms with Crippen molar-refractivity contribution in [2.75, 3.05) is 0 Å². The molecule has 0 unspecified atom stereocenters. The van der Waals surface area contributed by atoms with Crippen molar-refractivity contribution in [1.29, 1.82) is 0 Å². The maximum atomic E-state index is 5.71. The summed E-state index contributed by atoms with van der Waals surface area (Å²) in [6.45, 7) is 0. The van der Waals surface area contributed by atoms with E-state index in [-0.39, 0.29) is 0 Å². The molecule has 4 aromatic heterocycles. The van der Waals surface area contributed by atoms with Gasteiger partial charge < -0.3 is 4.42 Å². The number of fused-ring (bicyclic) bond motifs is 3. The monoisotopic (exact) mass is 354 g/mol. The van der Waals surface area contributed by atoms with E-state index in [1.807, 2.05) is 46.2 Å². The highest BCUT2D eigenvalue weighted by molar-refractivity contribution is 7.98. The summed E-state index contributed by atoms with van der Waals surface area (Å²) in [6, 6.07) is 11.9. The van der Waals surface area contributed by atoms with Crippen LogP contribution in [0.3, 0.4) is 0 Å². The number of nitrogens with zero attached hydrogens (tertiary/aromatic N) is 5. The lowest BCUT2D eigenvalue weighted by atomic mass is 10.3. The first-order valence-electron chi connectivity index (χ1n) is 7.19. The lowest BCUT2D eigenvalue weighted by Gasteiger charge is -1.96. The zero-order valence-electron chi connectivity index (χ0n) is 12.2. The number of benzene rings is 1. The number of para-hydroxylation sites is 2. The second kappa shape index (κ2) is 5.46. The lowest BCUT2D eigenvalue weighted by molar-refractivity contribution is 0.529. The lowest BCUT2D eigenvalue weighted by Crippen LogP contribution is -1.87. The number of hydrogen-bond donors (Lipinski definition) is 1. The molecule has 0 spiro atoms. The van der Waals surface area contributed by atoms with Gasteiger partial charge in [0.2, 0.25) is 11.7 Å². The van der Waals surface area contributed by atoms with Crippen LogP contribution in [-0.2, 0) is 5.75 Å². The Morgan fingerprint density at radius 3 is 3.04 bits per heavy atom. The number of H-pyrrole nitrogens is 1. The van der Waals surface area contributed by atoms with Gasteiger partial charge in [-0.3, -0.25) is 4.40 Å². The number of imidazole rings is 1. The van der Waals surface area contributed by atoms with Gasteiger partial charge in [-0.2, -0.15) is 0 Å². The summed E-state index contributed by atoms with van der Waals surface area (Å²) in [7, 11) is 0. The average Bonchev–Trinajstić information content (AvgIpc) is 3.36. The Hall–Kier alpha value is -2.65. The predicted octanol–water partition coefficient (Wildman–Crippen LogP) is 3.61. The van der Waals surface area contributed by atoms with Gasteiger partial charge in [-0.25, -0.2) is 10.1 Å². The van der Waals surface area contributed by atoms with E-state index in [9.17, 15) is 0 Å². The van der Waals surface area contributed by atoms with Crippen molar-refractivity contribution in [1.82, 2.24) is 29.8 Å². The number of aromatic amines is 1. The predicted molar refractivity (Wildman–Crippen MR) is 92.0 cm³/mol. The summed E-state index contributed by atoms with van der Waals surface area (Å²) in [6.07, 6.45) is 0. The van der Waals surface area contributed by atoms with Crippen LogP contribution in [0.4, 0.5) is 0 Å². The zero-order valence-corrected chi connectivity index (χ0v) is 13.8. The summed E-state index contributed by atoms with van der Waals surface area (Å²) in [5.41, 5.74) is 1.96. The second-order valence-electron chi connectivity index (χ2n) is 5.03. The molecule has 0 amide bonds. The normalized spacial score (nSPS) is 11.7. The van der Waals surface area contributed by atoms with Crippen molar-refractivity contribution >= 4 is 39.9 Å². The van der Waals surface area contributed by atoms with Crippen LogP contribution in [0.2, 0.25) is 0 Å². The van der Waals surface area contributed by atoms with Gasteiger partial charge >= 0.3 is 0 Å². The molecule has 0 radical (unpaired) electrons. The van der Waals surface area contributed by atoms with Gasteiger partial charge in [0.25, 0.3) is 5.89 Å². The molecule has 1 N–H and O–H groups in total. The van der Waals surface area contributed by atoms with Gasteiger partial charge in [-0.1, -0.05) is 30.0 Å². The highest BCUT2D eigenvalue weighted by Crippen LogP contribution is 2.27. The summed E-state index contributed by atoms with van der Waals surface area (Å²) in [4.78, 5) is 5.48. The Morgan fingerprint density at radius 1 is 1.17 bits per heavy atom. The minimum atomic E-state index is 0.546. The Morgan fingerprint density at radius 2 is 2.12 bits per heavy atom. The van der Waals surface area contributed by atoms with Gasteiger partial charge in [0, 0.05) is 0 Å². The molecule has 118 valence electrons. The fraction of sp³-hybridized carbons (Fsp3) is 0.0667. The van der Waals surface area contributed by atoms with Crippen LogP contribution in [0.15, 0.2) is 51.4 Å². The van der Waals surface area contributed by atoms with E-state index in [4.69, 9.17) is 4.42 Å². The van der Waals surface area contributed by atoms with Crippen molar-refractivity contribution in [3.8, 4) is 10.8 Å². The summed E-state index contributed by atoms with van der Waals surface area (Å²) in [5, 5.41) is 18.3. The topological polar surface area (TPSA) is 84.9 Å². The van der Waals surface area contributed by atoms with E-state index >= 15 is 0 Å². The van der Waals surface area contributed by atoms with E-state index in [1.165, 1.54) is 11.8 Å². The van der Waals surface area contributed by atoms with Crippen LogP contribution in [0.1, 0.15) is 5.89 Å². The first-order chi connectivity index (χ1) is 11.9. The largest absolute Gasteiger partial charge is 0.419 e. The molecule has 0 saturated carbocycles. The molecule has 24 heavy (non-hydrogen) atoms. The Labute approximate surface area is 143 Å². The van der Waals surface area contributed by atoms with E-state index in [0.717, 1.165) is 26.8 Å². The zero-order chi connectivity index (χ0) is 15.9.